The van der Waals surface area contributed by atoms with E-state index in [1.54, 1.807) is 0 Å². The van der Waals surface area contributed by atoms with Crippen LogP contribution in [0.3, 0.4) is 0 Å². The first-order valence-corrected chi connectivity index (χ1v) is 8.73. The van der Waals surface area contributed by atoms with Crippen molar-refractivity contribution in [2.24, 2.45) is 0 Å². The fraction of sp³-hybridized carbons (Fsp3) is 0.111. The largest absolute Gasteiger partial charge is 0.394 e. The molecule has 6 heteroatoms. The van der Waals surface area contributed by atoms with Crippen LogP contribution in [0.4, 0.5) is 11.5 Å². The van der Waals surface area contributed by atoms with E-state index >= 15 is 0 Å². The summed E-state index contributed by atoms with van der Waals surface area (Å²) in [5, 5.41) is 4.72. The molecule has 1 heterocycles. The monoisotopic (exact) mass is 356 g/mol. The summed E-state index contributed by atoms with van der Waals surface area (Å²) in [6.07, 6.45) is 2.43. The Kier molecular flexibility index (Phi) is 5.56. The minimum Gasteiger partial charge on any atom is -0.394 e. The smallest absolute Gasteiger partial charge is 0.153 e. The molecule has 0 saturated carbocycles. The van der Waals surface area contributed by atoms with Gasteiger partial charge >= 0.3 is 0 Å². The molecule has 0 spiro atoms. The molecule has 0 aliphatic carbocycles. The molecule has 0 aliphatic heterocycles. The zero-order valence-corrected chi connectivity index (χ0v) is 14.5. The van der Waals surface area contributed by atoms with Crippen LogP contribution in [0.1, 0.15) is 5.56 Å². The van der Waals surface area contributed by atoms with Crippen LogP contribution in [0.15, 0.2) is 70.8 Å². The van der Waals surface area contributed by atoms with Gasteiger partial charge in [-0.05, 0) is 36.2 Å². The van der Waals surface area contributed by atoms with Crippen LogP contribution in [0, 0.1) is 0 Å². The molecular weight excluding hydrogens is 340 g/mol. The highest BCUT2D eigenvalue weighted by Gasteiger charge is 2.09. The van der Waals surface area contributed by atoms with Crippen LogP contribution in [-0.2, 0) is 6.42 Å². The van der Waals surface area contributed by atoms with Gasteiger partial charge in [-0.3, -0.25) is 0 Å². The van der Waals surface area contributed by atoms with Crippen LogP contribution in [0.2, 0.25) is 5.02 Å². The zero-order valence-electron chi connectivity index (χ0n) is 12.9. The van der Waals surface area contributed by atoms with E-state index in [9.17, 15) is 0 Å². The molecule has 1 aromatic heterocycles. The van der Waals surface area contributed by atoms with Crippen LogP contribution in [0.5, 0.6) is 0 Å². The predicted octanol–water partition coefficient (Wildman–Crippen LogP) is 4.52. The molecule has 0 saturated heterocycles. The molecule has 4 nitrogen and oxygen atoms in total. The maximum atomic E-state index is 6.21. The van der Waals surface area contributed by atoms with Gasteiger partial charge in [0, 0.05) is 16.5 Å². The minimum atomic E-state index is 0.561. The third-order valence-electron chi connectivity index (χ3n) is 3.42. The van der Waals surface area contributed by atoms with Crippen LogP contribution in [-0.4, -0.2) is 16.5 Å². The average molecular weight is 357 g/mol. The van der Waals surface area contributed by atoms with E-state index in [1.165, 1.54) is 23.7 Å². The Morgan fingerprint density at radius 3 is 2.50 bits per heavy atom. The lowest BCUT2D eigenvalue weighted by molar-refractivity contribution is 0.984. The van der Waals surface area contributed by atoms with E-state index in [4.69, 9.17) is 17.3 Å². The Balaban J connectivity index is 1.65. The van der Waals surface area contributed by atoms with Gasteiger partial charge < -0.3 is 11.1 Å². The van der Waals surface area contributed by atoms with Crippen molar-refractivity contribution in [3.05, 3.63) is 71.5 Å². The van der Waals surface area contributed by atoms with Crippen molar-refractivity contribution in [2.45, 2.75) is 16.3 Å². The fourth-order valence-electron chi connectivity index (χ4n) is 2.19. The van der Waals surface area contributed by atoms with Gasteiger partial charge in [-0.25, -0.2) is 9.97 Å². The van der Waals surface area contributed by atoms with Gasteiger partial charge in [0.05, 0.1) is 0 Å². The summed E-state index contributed by atoms with van der Waals surface area (Å²) in [6, 6.07) is 17.9. The number of aromatic nitrogens is 2. The molecule has 0 unspecified atom stereocenters. The van der Waals surface area contributed by atoms with E-state index in [-0.39, 0.29) is 0 Å². The molecular formula is C18H17ClN4S. The van der Waals surface area contributed by atoms with Crippen molar-refractivity contribution >= 4 is 34.9 Å². The number of halogens is 1. The Bertz CT molecular complexity index is 794. The van der Waals surface area contributed by atoms with E-state index in [0.29, 0.717) is 16.5 Å². The standard InChI is InChI=1S/C18H17ClN4S/c19-14-6-8-15(9-7-14)24-18-16(20)17(22-12-23-18)21-11-10-13-4-2-1-3-5-13/h1-9,12H,10-11,20H2,(H,21,22,23). The maximum absolute atomic E-state index is 6.21. The fourth-order valence-corrected chi connectivity index (χ4v) is 3.11. The molecule has 0 fully saturated rings. The summed E-state index contributed by atoms with van der Waals surface area (Å²) < 4.78 is 0. The van der Waals surface area contributed by atoms with Crippen molar-refractivity contribution in [2.75, 3.05) is 17.6 Å². The zero-order chi connectivity index (χ0) is 16.8. The molecule has 0 aliphatic rings. The van der Waals surface area contributed by atoms with Crippen LogP contribution < -0.4 is 11.1 Å². The Morgan fingerprint density at radius 1 is 1.00 bits per heavy atom. The van der Waals surface area contributed by atoms with Gasteiger partial charge in [0.25, 0.3) is 0 Å². The van der Waals surface area contributed by atoms with Crippen LogP contribution in [0.25, 0.3) is 0 Å². The second-order valence-electron chi connectivity index (χ2n) is 5.16. The summed E-state index contributed by atoms with van der Waals surface area (Å²) in [4.78, 5) is 9.55. The lowest BCUT2D eigenvalue weighted by Gasteiger charge is -2.11. The van der Waals surface area contributed by atoms with Gasteiger partial charge in [-0.15, -0.1) is 0 Å². The Labute approximate surface area is 150 Å². The Hall–Kier alpha value is -2.24. The highest BCUT2D eigenvalue weighted by Crippen LogP contribution is 2.33. The number of rotatable bonds is 6. The first-order chi connectivity index (χ1) is 11.7. The molecule has 0 amide bonds. The van der Waals surface area contributed by atoms with Crippen molar-refractivity contribution in [3.8, 4) is 0 Å². The van der Waals surface area contributed by atoms with E-state index < -0.39 is 0 Å². The molecule has 3 N–H and O–H groups in total. The van der Waals surface area contributed by atoms with Crippen molar-refractivity contribution < 1.29 is 0 Å². The number of nitrogen functional groups attached to an aromatic ring is 1. The molecule has 3 aromatic rings. The molecule has 0 atom stereocenters. The van der Waals surface area contributed by atoms with Gasteiger partial charge in [0.1, 0.15) is 17.0 Å². The lowest BCUT2D eigenvalue weighted by Crippen LogP contribution is -2.09. The minimum absolute atomic E-state index is 0.561. The van der Waals surface area contributed by atoms with E-state index in [1.807, 2.05) is 42.5 Å². The third kappa shape index (κ3) is 4.40. The van der Waals surface area contributed by atoms with Crippen molar-refractivity contribution in [1.29, 1.82) is 0 Å². The lowest BCUT2D eigenvalue weighted by atomic mass is 10.1. The summed E-state index contributed by atoms with van der Waals surface area (Å²) in [5.41, 5.74) is 8.04. The Morgan fingerprint density at radius 2 is 1.75 bits per heavy atom. The number of benzene rings is 2. The molecule has 24 heavy (non-hydrogen) atoms. The van der Waals surface area contributed by atoms with E-state index in [2.05, 4.69) is 27.4 Å². The number of hydrogen-bond acceptors (Lipinski definition) is 5. The van der Waals surface area contributed by atoms with Gasteiger partial charge in [-0.2, -0.15) is 0 Å². The van der Waals surface area contributed by atoms with Gasteiger partial charge in [-0.1, -0.05) is 53.7 Å². The van der Waals surface area contributed by atoms with Gasteiger partial charge in [0.2, 0.25) is 0 Å². The van der Waals surface area contributed by atoms with Gasteiger partial charge in [0.15, 0.2) is 5.82 Å². The number of nitrogens with zero attached hydrogens (tertiary/aromatic N) is 2. The van der Waals surface area contributed by atoms with Crippen molar-refractivity contribution in [3.63, 3.8) is 0 Å². The molecule has 122 valence electrons. The second-order valence-corrected chi connectivity index (χ2v) is 6.66. The topological polar surface area (TPSA) is 63.8 Å². The first kappa shape index (κ1) is 16.6. The first-order valence-electron chi connectivity index (χ1n) is 7.54. The summed E-state index contributed by atoms with van der Waals surface area (Å²) in [5.74, 6) is 0.664. The summed E-state index contributed by atoms with van der Waals surface area (Å²) in [7, 11) is 0. The third-order valence-corrected chi connectivity index (χ3v) is 4.70. The average Bonchev–Trinajstić information content (AvgIpc) is 2.61. The molecule has 2 aromatic carbocycles. The quantitative estimate of drug-likeness (QED) is 0.636. The maximum Gasteiger partial charge on any atom is 0.153 e. The second kappa shape index (κ2) is 8.04. The highest BCUT2D eigenvalue weighted by atomic mass is 35.5. The molecule has 0 radical (unpaired) electrons. The van der Waals surface area contributed by atoms with E-state index in [0.717, 1.165) is 22.9 Å². The molecule has 0 bridgehead atoms. The predicted molar refractivity (Wildman–Crippen MR) is 101 cm³/mol. The number of nitrogens with one attached hydrogen (secondary N) is 1. The normalized spacial score (nSPS) is 10.5. The SMILES string of the molecule is Nc1c(NCCc2ccccc2)ncnc1Sc1ccc(Cl)cc1. The number of nitrogens with two attached hydrogens (primary N) is 1. The summed E-state index contributed by atoms with van der Waals surface area (Å²) in [6.45, 7) is 0.760. The van der Waals surface area contributed by atoms with Crippen molar-refractivity contribution in [1.82, 2.24) is 9.97 Å². The molecule has 3 rings (SSSR count). The summed E-state index contributed by atoms with van der Waals surface area (Å²) >= 11 is 7.40. The highest BCUT2D eigenvalue weighted by molar-refractivity contribution is 7.99. The number of anilines is 2. The van der Waals surface area contributed by atoms with Crippen LogP contribution >= 0.6 is 23.4 Å². The number of hydrogen-bond donors (Lipinski definition) is 2.